The van der Waals surface area contributed by atoms with Gasteiger partial charge in [0.25, 0.3) is 0 Å². The Balaban J connectivity index is 2.15. The first-order valence-corrected chi connectivity index (χ1v) is 6.77. The molecule has 0 aromatic rings. The summed E-state index contributed by atoms with van der Waals surface area (Å²) in [5.41, 5.74) is 0. The van der Waals surface area contributed by atoms with Gasteiger partial charge < -0.3 is 9.84 Å². The van der Waals surface area contributed by atoms with E-state index in [-0.39, 0.29) is 11.9 Å². The summed E-state index contributed by atoms with van der Waals surface area (Å²) < 4.78 is 16.9. The second kappa shape index (κ2) is 6.23. The molecule has 3 unspecified atom stereocenters. The van der Waals surface area contributed by atoms with Crippen LogP contribution in [0.1, 0.15) is 26.2 Å². The predicted octanol–water partition coefficient (Wildman–Crippen LogP) is 1.02. The van der Waals surface area contributed by atoms with Gasteiger partial charge in [0, 0.05) is 28.9 Å². The van der Waals surface area contributed by atoms with Gasteiger partial charge in [-0.3, -0.25) is 9.00 Å². The molecule has 1 saturated heterocycles. The summed E-state index contributed by atoms with van der Waals surface area (Å²) in [6.45, 7) is 2.40. The first-order valence-electron chi connectivity index (χ1n) is 5.29. The fourth-order valence-corrected chi connectivity index (χ4v) is 2.96. The van der Waals surface area contributed by atoms with Crippen molar-refractivity contribution in [3.05, 3.63) is 0 Å². The van der Waals surface area contributed by atoms with Crippen molar-refractivity contribution in [3.63, 3.8) is 0 Å². The summed E-state index contributed by atoms with van der Waals surface area (Å²) in [5.74, 6) is -0.583. The van der Waals surface area contributed by atoms with Gasteiger partial charge in [-0.15, -0.1) is 0 Å². The number of carboxylic acids is 1. The molecule has 0 aromatic heterocycles. The lowest BCUT2D eigenvalue weighted by atomic mass is 10.2. The number of aliphatic carboxylic acids is 1. The second-order valence-corrected chi connectivity index (χ2v) is 5.59. The van der Waals surface area contributed by atoms with Crippen LogP contribution in [0.5, 0.6) is 0 Å². The second-order valence-electron chi connectivity index (χ2n) is 3.97. The van der Waals surface area contributed by atoms with Crippen molar-refractivity contribution in [1.29, 1.82) is 0 Å². The summed E-state index contributed by atoms with van der Waals surface area (Å²) in [6.07, 6.45) is 3.17. The van der Waals surface area contributed by atoms with Crippen LogP contribution in [0.4, 0.5) is 0 Å². The third kappa shape index (κ3) is 4.75. The number of rotatable bonds is 6. The molecule has 0 radical (unpaired) electrons. The third-order valence-electron chi connectivity index (χ3n) is 2.55. The molecule has 1 aliphatic rings. The van der Waals surface area contributed by atoms with E-state index >= 15 is 0 Å². The first kappa shape index (κ1) is 12.6. The molecule has 0 saturated carbocycles. The van der Waals surface area contributed by atoms with Crippen molar-refractivity contribution in [2.24, 2.45) is 5.92 Å². The van der Waals surface area contributed by atoms with E-state index in [0.717, 1.165) is 25.9 Å². The zero-order valence-electron chi connectivity index (χ0n) is 8.98. The van der Waals surface area contributed by atoms with E-state index in [1.807, 2.05) is 0 Å². The van der Waals surface area contributed by atoms with E-state index < -0.39 is 22.7 Å². The largest absolute Gasteiger partial charge is 0.481 e. The Hall–Kier alpha value is -0.420. The summed E-state index contributed by atoms with van der Waals surface area (Å²) in [5, 5.41) is 8.65. The van der Waals surface area contributed by atoms with Gasteiger partial charge in [-0.2, -0.15) is 0 Å². The van der Waals surface area contributed by atoms with Crippen molar-refractivity contribution >= 4 is 16.8 Å². The van der Waals surface area contributed by atoms with E-state index in [0.29, 0.717) is 5.75 Å². The van der Waals surface area contributed by atoms with Gasteiger partial charge >= 0.3 is 5.97 Å². The standard InChI is InChI=1S/C10H18O4S/c1-8(10(11)12)7-15(13)6-4-9-3-2-5-14-9/h8-9H,2-7H2,1H3,(H,11,12). The summed E-state index contributed by atoms with van der Waals surface area (Å²) in [6, 6.07) is 0. The molecule has 4 nitrogen and oxygen atoms in total. The zero-order chi connectivity index (χ0) is 11.3. The highest BCUT2D eigenvalue weighted by atomic mass is 32.2. The van der Waals surface area contributed by atoms with Crippen LogP contribution in [0.2, 0.25) is 0 Å². The summed E-state index contributed by atoms with van der Waals surface area (Å²) >= 11 is 0. The molecule has 1 aliphatic heterocycles. The highest BCUT2D eigenvalue weighted by molar-refractivity contribution is 7.85. The maximum atomic E-state index is 11.5. The molecule has 5 heteroatoms. The first-order chi connectivity index (χ1) is 7.09. The molecule has 15 heavy (non-hydrogen) atoms. The van der Waals surface area contributed by atoms with E-state index in [1.165, 1.54) is 0 Å². The number of hydrogen-bond donors (Lipinski definition) is 1. The van der Waals surface area contributed by atoms with Crippen LogP contribution in [0.25, 0.3) is 0 Å². The molecular formula is C10H18O4S. The molecule has 1 N–H and O–H groups in total. The van der Waals surface area contributed by atoms with Gasteiger partial charge in [0.2, 0.25) is 0 Å². The Morgan fingerprint density at radius 1 is 1.67 bits per heavy atom. The molecule has 0 bridgehead atoms. The molecule has 88 valence electrons. The fraction of sp³-hybridized carbons (Fsp3) is 0.900. The number of carboxylic acid groups (broad SMARTS) is 1. The Kier molecular flexibility index (Phi) is 5.25. The lowest BCUT2D eigenvalue weighted by molar-refractivity contribution is -0.140. The molecule has 0 aromatic carbocycles. The molecule has 1 fully saturated rings. The van der Waals surface area contributed by atoms with Crippen molar-refractivity contribution in [3.8, 4) is 0 Å². The van der Waals surface area contributed by atoms with Crippen LogP contribution in [-0.4, -0.2) is 39.5 Å². The van der Waals surface area contributed by atoms with Gasteiger partial charge in [-0.1, -0.05) is 6.92 Å². The van der Waals surface area contributed by atoms with Crippen LogP contribution >= 0.6 is 0 Å². The molecule has 0 amide bonds. The van der Waals surface area contributed by atoms with E-state index in [9.17, 15) is 9.00 Å². The van der Waals surface area contributed by atoms with E-state index in [1.54, 1.807) is 6.92 Å². The van der Waals surface area contributed by atoms with Gasteiger partial charge in [0.15, 0.2) is 0 Å². The minimum absolute atomic E-state index is 0.245. The van der Waals surface area contributed by atoms with Crippen molar-refractivity contribution in [2.75, 3.05) is 18.1 Å². The van der Waals surface area contributed by atoms with Gasteiger partial charge in [-0.25, -0.2) is 0 Å². The topological polar surface area (TPSA) is 63.6 Å². The minimum Gasteiger partial charge on any atom is -0.481 e. The Bertz CT molecular complexity index is 236. The van der Waals surface area contributed by atoms with Crippen LogP contribution in [-0.2, 0) is 20.3 Å². The highest BCUT2D eigenvalue weighted by Crippen LogP contribution is 2.15. The number of ether oxygens (including phenoxy) is 1. The molecule has 0 spiro atoms. The zero-order valence-corrected chi connectivity index (χ0v) is 9.79. The number of carbonyl (C=O) groups is 1. The van der Waals surface area contributed by atoms with E-state index in [4.69, 9.17) is 9.84 Å². The Labute approximate surface area is 92.5 Å². The van der Waals surface area contributed by atoms with Crippen LogP contribution in [0, 0.1) is 5.92 Å². The lowest BCUT2D eigenvalue weighted by Crippen LogP contribution is -2.20. The van der Waals surface area contributed by atoms with Crippen LogP contribution in [0.15, 0.2) is 0 Å². The summed E-state index contributed by atoms with van der Waals surface area (Å²) in [4.78, 5) is 10.5. The molecule has 3 atom stereocenters. The number of hydrogen-bond acceptors (Lipinski definition) is 3. The highest BCUT2D eigenvalue weighted by Gasteiger charge is 2.18. The van der Waals surface area contributed by atoms with Crippen molar-refractivity contribution in [1.82, 2.24) is 0 Å². The van der Waals surface area contributed by atoms with Gasteiger partial charge in [-0.05, 0) is 19.3 Å². The Morgan fingerprint density at radius 3 is 2.93 bits per heavy atom. The van der Waals surface area contributed by atoms with Crippen LogP contribution in [0.3, 0.4) is 0 Å². The normalized spacial score (nSPS) is 25.0. The SMILES string of the molecule is CC(CS(=O)CCC1CCCO1)C(=O)O. The molecule has 1 heterocycles. The smallest absolute Gasteiger partial charge is 0.307 e. The maximum Gasteiger partial charge on any atom is 0.307 e. The lowest BCUT2D eigenvalue weighted by Gasteiger charge is -2.09. The van der Waals surface area contributed by atoms with E-state index in [2.05, 4.69) is 0 Å². The monoisotopic (exact) mass is 234 g/mol. The predicted molar refractivity (Wildman–Crippen MR) is 58.3 cm³/mol. The quantitative estimate of drug-likeness (QED) is 0.745. The average Bonchev–Trinajstić information content (AvgIpc) is 2.66. The fourth-order valence-electron chi connectivity index (χ4n) is 1.57. The Morgan fingerprint density at radius 2 is 2.40 bits per heavy atom. The van der Waals surface area contributed by atoms with Gasteiger partial charge in [0.05, 0.1) is 12.0 Å². The molecule has 1 rings (SSSR count). The molecular weight excluding hydrogens is 216 g/mol. The van der Waals surface area contributed by atoms with Crippen molar-refractivity contribution in [2.45, 2.75) is 32.3 Å². The summed E-state index contributed by atoms with van der Waals surface area (Å²) in [7, 11) is -1.03. The minimum atomic E-state index is -1.03. The van der Waals surface area contributed by atoms with Crippen LogP contribution < -0.4 is 0 Å². The average molecular weight is 234 g/mol. The third-order valence-corrected chi connectivity index (χ3v) is 4.11. The maximum absolute atomic E-state index is 11.5. The van der Waals surface area contributed by atoms with Gasteiger partial charge in [0.1, 0.15) is 0 Å². The van der Waals surface area contributed by atoms with Crippen molar-refractivity contribution < 1.29 is 18.8 Å². The molecule has 0 aliphatic carbocycles.